The second-order valence-corrected chi connectivity index (χ2v) is 4.91. The van der Waals surface area contributed by atoms with Gasteiger partial charge in [0.25, 0.3) is 0 Å². The molecule has 88 valence electrons. The molecule has 0 aliphatic heterocycles. The van der Waals surface area contributed by atoms with Gasteiger partial charge >= 0.3 is 6.18 Å². The summed E-state index contributed by atoms with van der Waals surface area (Å²) in [5.41, 5.74) is 5.22. The Morgan fingerprint density at radius 2 is 2.07 bits per heavy atom. The maximum atomic E-state index is 12.2. The molecule has 2 rings (SSSR count). The molecule has 2 nitrogen and oxygen atoms in total. The molecule has 0 radical (unpaired) electrons. The third kappa shape index (κ3) is 2.13. The van der Waals surface area contributed by atoms with E-state index in [2.05, 4.69) is 5.32 Å². The fourth-order valence-corrected chi connectivity index (χ4v) is 3.26. The highest BCUT2D eigenvalue weighted by Crippen LogP contribution is 2.50. The SMILES string of the molecule is NCC1(NCC(F)(F)F)CC2CCC1C2. The summed E-state index contributed by atoms with van der Waals surface area (Å²) < 4.78 is 36.5. The van der Waals surface area contributed by atoms with Gasteiger partial charge in [0.05, 0.1) is 6.54 Å². The van der Waals surface area contributed by atoms with E-state index in [1.54, 1.807) is 0 Å². The van der Waals surface area contributed by atoms with Gasteiger partial charge in [0, 0.05) is 12.1 Å². The molecule has 2 bridgehead atoms. The molecule has 0 amide bonds. The number of hydrogen-bond acceptors (Lipinski definition) is 2. The van der Waals surface area contributed by atoms with Crippen LogP contribution in [0.15, 0.2) is 0 Å². The lowest BCUT2D eigenvalue weighted by Crippen LogP contribution is -2.57. The van der Waals surface area contributed by atoms with E-state index in [1.807, 2.05) is 0 Å². The summed E-state index contributed by atoms with van der Waals surface area (Å²) >= 11 is 0. The van der Waals surface area contributed by atoms with E-state index in [0.29, 0.717) is 18.4 Å². The Kier molecular flexibility index (Phi) is 2.71. The van der Waals surface area contributed by atoms with Crippen molar-refractivity contribution in [1.29, 1.82) is 0 Å². The number of nitrogens with one attached hydrogen (secondary N) is 1. The predicted octanol–water partition coefficient (Wildman–Crippen LogP) is 1.66. The van der Waals surface area contributed by atoms with Crippen molar-refractivity contribution < 1.29 is 13.2 Å². The average Bonchev–Trinajstić information content (AvgIpc) is 2.73. The van der Waals surface area contributed by atoms with Gasteiger partial charge in [-0.1, -0.05) is 6.42 Å². The van der Waals surface area contributed by atoms with Gasteiger partial charge in [-0.3, -0.25) is 0 Å². The van der Waals surface area contributed by atoms with Gasteiger partial charge in [-0.05, 0) is 31.1 Å². The van der Waals surface area contributed by atoms with Crippen LogP contribution in [0.4, 0.5) is 13.2 Å². The molecule has 2 saturated carbocycles. The van der Waals surface area contributed by atoms with E-state index >= 15 is 0 Å². The van der Waals surface area contributed by atoms with Crippen molar-refractivity contribution in [3.63, 3.8) is 0 Å². The molecule has 0 aromatic carbocycles. The van der Waals surface area contributed by atoms with Crippen molar-refractivity contribution in [1.82, 2.24) is 5.32 Å². The second kappa shape index (κ2) is 3.63. The highest BCUT2D eigenvalue weighted by Gasteiger charge is 2.50. The van der Waals surface area contributed by atoms with Crippen LogP contribution in [0.1, 0.15) is 25.7 Å². The summed E-state index contributed by atoms with van der Waals surface area (Å²) in [7, 11) is 0. The summed E-state index contributed by atoms with van der Waals surface area (Å²) in [5.74, 6) is 0.953. The van der Waals surface area contributed by atoms with Crippen molar-refractivity contribution in [2.45, 2.75) is 37.4 Å². The number of alkyl halides is 3. The largest absolute Gasteiger partial charge is 0.401 e. The van der Waals surface area contributed by atoms with Gasteiger partial charge in [0.15, 0.2) is 0 Å². The highest BCUT2D eigenvalue weighted by molar-refractivity contribution is 5.07. The molecular formula is C10H17F3N2. The van der Waals surface area contributed by atoms with Crippen LogP contribution < -0.4 is 11.1 Å². The van der Waals surface area contributed by atoms with Crippen LogP contribution in [0, 0.1) is 11.8 Å². The number of nitrogens with two attached hydrogens (primary N) is 1. The van der Waals surface area contributed by atoms with Crippen LogP contribution in [0.5, 0.6) is 0 Å². The van der Waals surface area contributed by atoms with E-state index in [9.17, 15) is 13.2 Å². The summed E-state index contributed by atoms with van der Waals surface area (Å²) in [6.45, 7) is -0.586. The van der Waals surface area contributed by atoms with Crippen molar-refractivity contribution in [2.75, 3.05) is 13.1 Å². The molecule has 0 heterocycles. The van der Waals surface area contributed by atoms with E-state index in [-0.39, 0.29) is 0 Å². The Labute approximate surface area is 87.4 Å². The smallest absolute Gasteiger partial charge is 0.329 e. The van der Waals surface area contributed by atoms with E-state index in [4.69, 9.17) is 5.73 Å². The minimum Gasteiger partial charge on any atom is -0.329 e. The maximum Gasteiger partial charge on any atom is 0.401 e. The molecule has 5 heteroatoms. The molecule has 2 fully saturated rings. The number of rotatable bonds is 3. The van der Waals surface area contributed by atoms with Crippen LogP contribution >= 0.6 is 0 Å². The first-order valence-corrected chi connectivity index (χ1v) is 5.47. The van der Waals surface area contributed by atoms with Crippen molar-refractivity contribution in [2.24, 2.45) is 17.6 Å². The Bertz CT molecular complexity index is 241. The van der Waals surface area contributed by atoms with Crippen molar-refractivity contribution in [3.05, 3.63) is 0 Å². The van der Waals surface area contributed by atoms with Gasteiger partial charge in [0.1, 0.15) is 0 Å². The quantitative estimate of drug-likeness (QED) is 0.762. The maximum absolute atomic E-state index is 12.2. The molecule has 2 aliphatic carbocycles. The molecule has 0 aromatic heterocycles. The molecule has 2 aliphatic rings. The highest BCUT2D eigenvalue weighted by atomic mass is 19.4. The zero-order valence-electron chi connectivity index (χ0n) is 8.61. The number of hydrogen-bond donors (Lipinski definition) is 2. The first-order valence-electron chi connectivity index (χ1n) is 5.47. The van der Waals surface area contributed by atoms with Crippen LogP contribution in [-0.4, -0.2) is 24.8 Å². The molecule has 0 saturated heterocycles. The predicted molar refractivity (Wildman–Crippen MR) is 51.3 cm³/mol. The molecule has 3 N–H and O–H groups in total. The lowest BCUT2D eigenvalue weighted by molar-refractivity contribution is -0.130. The van der Waals surface area contributed by atoms with E-state index < -0.39 is 18.3 Å². The fourth-order valence-electron chi connectivity index (χ4n) is 3.26. The Morgan fingerprint density at radius 3 is 2.47 bits per heavy atom. The summed E-state index contributed by atoms with van der Waals surface area (Å²) in [6, 6.07) is 0. The average molecular weight is 222 g/mol. The summed E-state index contributed by atoms with van der Waals surface area (Å²) in [4.78, 5) is 0. The van der Waals surface area contributed by atoms with E-state index in [0.717, 1.165) is 19.3 Å². The van der Waals surface area contributed by atoms with Gasteiger partial charge in [-0.15, -0.1) is 0 Å². The monoisotopic (exact) mass is 222 g/mol. The van der Waals surface area contributed by atoms with Gasteiger partial charge in [0.2, 0.25) is 0 Å². The molecule has 0 spiro atoms. The molecule has 3 atom stereocenters. The van der Waals surface area contributed by atoms with Gasteiger partial charge in [-0.25, -0.2) is 0 Å². The number of fused-ring (bicyclic) bond motifs is 2. The third-order valence-electron chi connectivity index (χ3n) is 3.98. The van der Waals surface area contributed by atoms with Crippen LogP contribution in [0.2, 0.25) is 0 Å². The van der Waals surface area contributed by atoms with Crippen LogP contribution in [0.3, 0.4) is 0 Å². The van der Waals surface area contributed by atoms with E-state index in [1.165, 1.54) is 6.42 Å². The lowest BCUT2D eigenvalue weighted by atomic mass is 9.81. The third-order valence-corrected chi connectivity index (χ3v) is 3.98. The zero-order valence-corrected chi connectivity index (χ0v) is 8.61. The minimum atomic E-state index is -4.13. The van der Waals surface area contributed by atoms with Gasteiger partial charge in [-0.2, -0.15) is 13.2 Å². The Hall–Kier alpha value is -0.290. The van der Waals surface area contributed by atoms with Crippen LogP contribution in [0.25, 0.3) is 0 Å². The molecule has 0 aromatic rings. The topological polar surface area (TPSA) is 38.0 Å². The fraction of sp³-hybridized carbons (Fsp3) is 1.00. The Balaban J connectivity index is 1.98. The molecule has 15 heavy (non-hydrogen) atoms. The standard InChI is InChI=1S/C10H17F3N2/c11-10(12,13)6-15-9(5-14)4-7-1-2-8(9)3-7/h7-8,15H,1-6,14H2. The first-order chi connectivity index (χ1) is 6.95. The lowest BCUT2D eigenvalue weighted by Gasteiger charge is -2.38. The summed E-state index contributed by atoms with van der Waals surface area (Å²) in [5, 5.41) is 2.67. The summed E-state index contributed by atoms with van der Waals surface area (Å²) in [6.07, 6.45) is -0.0524. The molecular weight excluding hydrogens is 205 g/mol. The Morgan fingerprint density at radius 1 is 1.33 bits per heavy atom. The number of halogens is 3. The first kappa shape index (κ1) is 11.2. The van der Waals surface area contributed by atoms with Crippen molar-refractivity contribution >= 4 is 0 Å². The van der Waals surface area contributed by atoms with Crippen molar-refractivity contribution in [3.8, 4) is 0 Å². The van der Waals surface area contributed by atoms with Crippen LogP contribution in [-0.2, 0) is 0 Å². The normalized spacial score (nSPS) is 40.0. The molecule has 3 unspecified atom stereocenters. The van der Waals surface area contributed by atoms with Gasteiger partial charge < -0.3 is 11.1 Å². The second-order valence-electron chi connectivity index (χ2n) is 4.91. The minimum absolute atomic E-state index is 0.324. The zero-order chi connectivity index (χ0) is 11.1.